The number of ether oxygens (including phenoxy) is 1. The number of benzene rings is 2. The Morgan fingerprint density at radius 2 is 1.69 bits per heavy atom. The first-order valence-electron chi connectivity index (χ1n) is 7.82. The Bertz CT molecular complexity index is 756. The fourth-order valence-electron chi connectivity index (χ4n) is 2.14. The molecule has 7 heteroatoms. The zero-order valence-corrected chi connectivity index (χ0v) is 16.7. The van der Waals surface area contributed by atoms with Crippen LogP contribution in [-0.4, -0.2) is 23.0 Å². The van der Waals surface area contributed by atoms with Crippen molar-refractivity contribution in [2.24, 2.45) is 4.99 Å². The number of anilines is 1. The van der Waals surface area contributed by atoms with E-state index in [1.54, 1.807) is 0 Å². The number of aliphatic imine (C=N–C) groups is 1. The fourth-order valence-corrected chi connectivity index (χ4v) is 2.45. The predicted octanol–water partition coefficient (Wildman–Crippen LogP) is 5.26. The van der Waals surface area contributed by atoms with Gasteiger partial charge in [0.15, 0.2) is 6.17 Å². The van der Waals surface area contributed by atoms with Crippen molar-refractivity contribution in [1.29, 1.82) is 0 Å². The van der Waals surface area contributed by atoms with Crippen LogP contribution in [0.2, 0.25) is 0 Å². The lowest BCUT2D eigenvalue weighted by Crippen LogP contribution is -2.40. The Hall–Kier alpha value is -1.88. The molecule has 1 unspecified atom stereocenters. The Balaban J connectivity index is 2.20. The van der Waals surface area contributed by atoms with Gasteiger partial charge in [-0.15, -0.1) is 0 Å². The van der Waals surface area contributed by atoms with E-state index in [0.717, 1.165) is 16.8 Å². The van der Waals surface area contributed by atoms with Gasteiger partial charge in [0, 0.05) is 11.3 Å². The second-order valence-corrected chi connectivity index (χ2v) is 7.93. The summed E-state index contributed by atoms with van der Waals surface area (Å²) in [5.41, 5.74) is 2.75. The van der Waals surface area contributed by atoms with E-state index >= 15 is 0 Å². The van der Waals surface area contributed by atoms with Crippen LogP contribution in [-0.2, 0) is 4.74 Å². The van der Waals surface area contributed by atoms with Crippen molar-refractivity contribution in [3.05, 3.63) is 78.1 Å². The molecule has 1 atom stereocenters. The SMILES string of the molecule is C=C(Nc1ccccc1)NC(/N=C(\OC)c1ccc(C)cc1)C(Cl)(Cl)Cl. The molecule has 138 valence electrons. The number of rotatable bonds is 6. The van der Waals surface area contributed by atoms with Gasteiger partial charge in [0.25, 0.3) is 0 Å². The fraction of sp³-hybridized carbons (Fsp3) is 0.211. The molecule has 0 aliphatic carbocycles. The van der Waals surface area contributed by atoms with Crippen molar-refractivity contribution >= 4 is 46.4 Å². The molecule has 0 fully saturated rings. The number of hydrogen-bond donors (Lipinski definition) is 2. The zero-order chi connectivity index (χ0) is 19.2. The Morgan fingerprint density at radius 1 is 1.08 bits per heavy atom. The van der Waals surface area contributed by atoms with Crippen LogP contribution in [0.25, 0.3) is 0 Å². The summed E-state index contributed by atoms with van der Waals surface area (Å²) in [6.45, 7) is 5.91. The van der Waals surface area contributed by atoms with Gasteiger partial charge in [-0.2, -0.15) is 0 Å². The third kappa shape index (κ3) is 6.13. The lowest BCUT2D eigenvalue weighted by molar-refractivity contribution is 0.396. The smallest absolute Gasteiger partial charge is 0.230 e. The second kappa shape index (κ2) is 9.17. The number of hydrogen-bond acceptors (Lipinski definition) is 4. The topological polar surface area (TPSA) is 45.7 Å². The summed E-state index contributed by atoms with van der Waals surface area (Å²) in [5.74, 6) is 0.789. The zero-order valence-electron chi connectivity index (χ0n) is 14.5. The van der Waals surface area contributed by atoms with Crippen molar-refractivity contribution in [2.75, 3.05) is 12.4 Å². The van der Waals surface area contributed by atoms with E-state index in [9.17, 15) is 0 Å². The van der Waals surface area contributed by atoms with Gasteiger partial charge in [-0.25, -0.2) is 4.99 Å². The molecule has 0 spiro atoms. The number of aryl methyl sites for hydroxylation is 1. The van der Waals surface area contributed by atoms with E-state index in [1.807, 2.05) is 61.5 Å². The summed E-state index contributed by atoms with van der Waals surface area (Å²) in [4.78, 5) is 4.43. The minimum Gasteiger partial charge on any atom is -0.481 e. The first-order chi connectivity index (χ1) is 12.3. The van der Waals surface area contributed by atoms with Crippen LogP contribution in [0, 0.1) is 6.92 Å². The van der Waals surface area contributed by atoms with Gasteiger partial charge >= 0.3 is 0 Å². The molecule has 0 aromatic heterocycles. The largest absolute Gasteiger partial charge is 0.481 e. The predicted molar refractivity (Wildman–Crippen MR) is 111 cm³/mol. The van der Waals surface area contributed by atoms with Crippen LogP contribution in [0.5, 0.6) is 0 Å². The van der Waals surface area contributed by atoms with Gasteiger partial charge in [0.1, 0.15) is 0 Å². The number of alkyl halides is 3. The third-order valence-corrected chi connectivity index (χ3v) is 4.05. The highest BCUT2D eigenvalue weighted by Crippen LogP contribution is 2.32. The van der Waals surface area contributed by atoms with Crippen LogP contribution >= 0.6 is 34.8 Å². The molecule has 0 aliphatic rings. The standard InChI is InChI=1S/C19H20Cl3N3O/c1-13-9-11-15(12-10-13)17(26-3)25-18(19(20,21)22)24-14(2)23-16-7-5-4-6-8-16/h4-12,18,23-24H,2H2,1,3H3/b25-17-. The highest BCUT2D eigenvalue weighted by Gasteiger charge is 2.33. The maximum Gasteiger partial charge on any atom is 0.230 e. The average molecular weight is 413 g/mol. The molecule has 2 N–H and O–H groups in total. The molecule has 0 saturated heterocycles. The minimum atomic E-state index is -1.71. The van der Waals surface area contributed by atoms with Crippen molar-refractivity contribution < 1.29 is 4.74 Å². The molecule has 26 heavy (non-hydrogen) atoms. The van der Waals surface area contributed by atoms with Crippen LogP contribution in [0.3, 0.4) is 0 Å². The number of halogens is 3. The molecular weight excluding hydrogens is 393 g/mol. The van der Waals surface area contributed by atoms with E-state index in [-0.39, 0.29) is 0 Å². The lowest BCUT2D eigenvalue weighted by atomic mass is 10.1. The molecule has 2 aromatic rings. The molecule has 0 saturated carbocycles. The quantitative estimate of drug-likeness (QED) is 0.386. The maximum absolute atomic E-state index is 6.10. The molecular formula is C19H20Cl3N3O. The van der Waals surface area contributed by atoms with Gasteiger partial charge in [0.05, 0.1) is 12.9 Å². The van der Waals surface area contributed by atoms with E-state index < -0.39 is 9.96 Å². The number of nitrogens with one attached hydrogen (secondary N) is 2. The minimum absolute atomic E-state index is 0.348. The molecule has 0 aliphatic heterocycles. The Kier molecular flexibility index (Phi) is 7.21. The first kappa shape index (κ1) is 20.4. The van der Waals surface area contributed by atoms with Crippen molar-refractivity contribution in [3.8, 4) is 0 Å². The molecule has 0 radical (unpaired) electrons. The number of para-hydroxylation sites is 1. The first-order valence-corrected chi connectivity index (χ1v) is 8.96. The molecule has 0 amide bonds. The summed E-state index contributed by atoms with van der Waals surface area (Å²) in [5, 5.41) is 6.07. The van der Waals surface area contributed by atoms with Gasteiger partial charge < -0.3 is 15.4 Å². The summed E-state index contributed by atoms with van der Waals surface area (Å²) < 4.78 is 3.67. The molecule has 2 rings (SSSR count). The van der Waals surface area contributed by atoms with Crippen LogP contribution < -0.4 is 10.6 Å². The summed E-state index contributed by atoms with van der Waals surface area (Å²) in [7, 11) is 1.52. The summed E-state index contributed by atoms with van der Waals surface area (Å²) >= 11 is 18.3. The van der Waals surface area contributed by atoms with E-state index in [0.29, 0.717) is 11.7 Å². The van der Waals surface area contributed by atoms with Crippen LogP contribution in [0.4, 0.5) is 5.69 Å². The number of methoxy groups -OCH3 is 1. The lowest BCUT2D eigenvalue weighted by Gasteiger charge is -2.25. The third-order valence-electron chi connectivity index (χ3n) is 3.43. The van der Waals surface area contributed by atoms with E-state index in [4.69, 9.17) is 39.5 Å². The van der Waals surface area contributed by atoms with Gasteiger partial charge in [0.2, 0.25) is 9.69 Å². The van der Waals surface area contributed by atoms with Crippen LogP contribution in [0.15, 0.2) is 72.0 Å². The number of nitrogens with zero attached hydrogens (tertiary/aromatic N) is 1. The normalized spacial score (nSPS) is 13.0. The Morgan fingerprint density at radius 3 is 2.23 bits per heavy atom. The molecule has 0 heterocycles. The maximum atomic E-state index is 6.10. The van der Waals surface area contributed by atoms with E-state index in [1.165, 1.54) is 7.11 Å². The molecule has 2 aromatic carbocycles. The van der Waals surface area contributed by atoms with Crippen LogP contribution in [0.1, 0.15) is 11.1 Å². The highest BCUT2D eigenvalue weighted by molar-refractivity contribution is 6.68. The van der Waals surface area contributed by atoms with Crippen molar-refractivity contribution in [3.63, 3.8) is 0 Å². The van der Waals surface area contributed by atoms with Gasteiger partial charge in [-0.1, -0.05) is 77.3 Å². The summed E-state index contributed by atoms with van der Waals surface area (Å²) in [6.07, 6.45) is -0.910. The second-order valence-electron chi connectivity index (χ2n) is 5.56. The molecule has 4 nitrogen and oxygen atoms in total. The molecule has 0 bridgehead atoms. The Labute approximate surface area is 168 Å². The van der Waals surface area contributed by atoms with Crippen molar-refractivity contribution in [1.82, 2.24) is 5.32 Å². The highest BCUT2D eigenvalue weighted by atomic mass is 35.6. The average Bonchev–Trinajstić information content (AvgIpc) is 2.59. The van der Waals surface area contributed by atoms with Gasteiger partial charge in [-0.3, -0.25) is 0 Å². The van der Waals surface area contributed by atoms with E-state index in [2.05, 4.69) is 22.2 Å². The van der Waals surface area contributed by atoms with Gasteiger partial charge in [-0.05, 0) is 31.2 Å². The monoisotopic (exact) mass is 411 g/mol. The summed E-state index contributed by atoms with van der Waals surface area (Å²) in [6, 6.07) is 17.2. The van der Waals surface area contributed by atoms with Crippen molar-refractivity contribution in [2.45, 2.75) is 16.9 Å².